The van der Waals surface area contributed by atoms with Gasteiger partial charge in [-0.1, -0.05) is 30.7 Å². The Labute approximate surface area is 249 Å². The summed E-state index contributed by atoms with van der Waals surface area (Å²) in [5, 5.41) is 24.3. The van der Waals surface area contributed by atoms with Gasteiger partial charge in [-0.2, -0.15) is 10.2 Å². The first-order valence-corrected chi connectivity index (χ1v) is 15.1. The van der Waals surface area contributed by atoms with Gasteiger partial charge in [0.25, 0.3) is 5.92 Å². The molecule has 0 amide bonds. The molecule has 2 fully saturated rings. The van der Waals surface area contributed by atoms with E-state index in [1.54, 1.807) is 18.0 Å². The van der Waals surface area contributed by atoms with E-state index in [2.05, 4.69) is 27.8 Å². The second-order valence-electron chi connectivity index (χ2n) is 12.4. The number of alkyl halides is 2. The fourth-order valence-corrected chi connectivity index (χ4v) is 6.74. The van der Waals surface area contributed by atoms with Crippen LogP contribution in [0.2, 0.25) is 0 Å². The lowest BCUT2D eigenvalue weighted by molar-refractivity contribution is -0.0320. The quantitative estimate of drug-likeness (QED) is 0.464. The summed E-state index contributed by atoms with van der Waals surface area (Å²) in [5.41, 5.74) is -1.09. The molecule has 8 nitrogen and oxygen atoms in total. The summed E-state index contributed by atoms with van der Waals surface area (Å²) < 4.78 is 48.2. The third-order valence-electron chi connectivity index (χ3n) is 9.53. The molecule has 7 heterocycles. The molecular weight excluding hydrogens is 557 g/mol. The average molecular weight is 595 g/mol. The zero-order chi connectivity index (χ0) is 30.5. The predicted octanol–water partition coefficient (Wildman–Crippen LogP) is 5.16. The van der Waals surface area contributed by atoms with Crippen molar-refractivity contribution in [1.82, 2.24) is 14.5 Å². The van der Waals surface area contributed by atoms with Crippen LogP contribution in [0.1, 0.15) is 67.7 Å². The number of benzene rings is 1. The molecular formula is C32H37F3N6O2. The Bertz CT molecular complexity index is 1550. The van der Waals surface area contributed by atoms with E-state index < -0.39 is 47.1 Å². The van der Waals surface area contributed by atoms with Crippen molar-refractivity contribution in [3.05, 3.63) is 69.4 Å². The largest absolute Gasteiger partial charge is 0.369 e. The highest BCUT2D eigenvalue weighted by Gasteiger charge is 2.51. The summed E-state index contributed by atoms with van der Waals surface area (Å²) >= 11 is 0. The number of rotatable bonds is 2. The zero-order valence-corrected chi connectivity index (χ0v) is 24.3. The minimum Gasteiger partial charge on any atom is -0.369 e. The van der Waals surface area contributed by atoms with Crippen molar-refractivity contribution in [3.63, 3.8) is 0 Å². The van der Waals surface area contributed by atoms with E-state index in [0.717, 1.165) is 38.5 Å². The lowest BCUT2D eigenvalue weighted by Gasteiger charge is -2.40. The van der Waals surface area contributed by atoms with E-state index in [-0.39, 0.29) is 17.3 Å². The van der Waals surface area contributed by atoms with Crippen molar-refractivity contribution >= 4 is 17.7 Å². The lowest BCUT2D eigenvalue weighted by Crippen LogP contribution is -2.47. The number of nitriles is 1. The molecule has 11 heteroatoms. The number of nitrogens with zero attached hydrogens (tertiary/aromatic N) is 5. The number of aliphatic hydroxyl groups is 1. The predicted molar refractivity (Wildman–Crippen MR) is 158 cm³/mol. The molecule has 1 saturated heterocycles. The number of hydrogen-bond donors (Lipinski definition) is 2. The number of likely N-dealkylation sites (N-methyl/N-ethyl adjacent to an activating group) is 1. The first-order valence-electron chi connectivity index (χ1n) is 15.1. The zero-order valence-electron chi connectivity index (χ0n) is 24.3. The molecule has 9 rings (SSSR count). The lowest BCUT2D eigenvalue weighted by atomic mass is 9.89. The molecule has 1 unspecified atom stereocenters. The van der Waals surface area contributed by atoms with E-state index in [1.165, 1.54) is 22.8 Å². The van der Waals surface area contributed by atoms with Gasteiger partial charge in [-0.15, -0.1) is 6.58 Å². The van der Waals surface area contributed by atoms with Crippen LogP contribution in [0, 0.1) is 28.5 Å². The van der Waals surface area contributed by atoms with Gasteiger partial charge >= 0.3 is 5.69 Å². The van der Waals surface area contributed by atoms with Crippen LogP contribution in [0.25, 0.3) is 6.08 Å². The van der Waals surface area contributed by atoms with Gasteiger partial charge in [-0.05, 0) is 56.2 Å². The second-order valence-corrected chi connectivity index (χ2v) is 12.4. The number of aromatic nitrogens is 2. The van der Waals surface area contributed by atoms with E-state index in [1.807, 2.05) is 0 Å². The van der Waals surface area contributed by atoms with Gasteiger partial charge in [0, 0.05) is 38.7 Å². The molecule has 1 saturated carbocycles. The fraction of sp³-hybridized carbons (Fsp3) is 0.531. The summed E-state index contributed by atoms with van der Waals surface area (Å²) in [6.45, 7) is 6.55. The van der Waals surface area contributed by atoms with E-state index in [9.17, 15) is 15.2 Å². The third-order valence-corrected chi connectivity index (χ3v) is 9.53. The van der Waals surface area contributed by atoms with E-state index >= 15 is 13.2 Å². The van der Waals surface area contributed by atoms with Crippen LogP contribution in [-0.2, 0) is 12.5 Å². The molecule has 6 aliphatic heterocycles. The fourth-order valence-electron chi connectivity index (χ4n) is 6.74. The van der Waals surface area contributed by atoms with Crippen molar-refractivity contribution in [2.24, 2.45) is 11.3 Å². The Morgan fingerprint density at radius 3 is 2.63 bits per heavy atom. The highest BCUT2D eigenvalue weighted by Crippen LogP contribution is 2.55. The van der Waals surface area contributed by atoms with Gasteiger partial charge in [0.05, 0.1) is 28.7 Å². The SMILES string of the molecule is C=C[C@H]1Nc2nc(=O)n(c3c2C=C(C2(C#N)CC2)C(O)N3C)CCCCCN2CC(CCC(F)(F)c3cccc1c3F)C2. The topological polar surface area (TPSA) is 97.4 Å². The van der Waals surface area contributed by atoms with Crippen molar-refractivity contribution in [3.8, 4) is 6.07 Å². The Kier molecular flexibility index (Phi) is 7.63. The second kappa shape index (κ2) is 11.1. The first-order chi connectivity index (χ1) is 20.6. The van der Waals surface area contributed by atoms with Crippen LogP contribution >= 0.6 is 0 Å². The maximum Gasteiger partial charge on any atom is 0.351 e. The Hall–Kier alpha value is -3.62. The van der Waals surface area contributed by atoms with Crippen LogP contribution in [0.15, 0.2) is 41.2 Å². The van der Waals surface area contributed by atoms with Gasteiger partial charge in [-0.3, -0.25) is 4.57 Å². The number of nitrogens with one attached hydrogen (secondary N) is 1. The smallest absolute Gasteiger partial charge is 0.351 e. The van der Waals surface area contributed by atoms with Crippen LogP contribution in [0.5, 0.6) is 0 Å². The van der Waals surface area contributed by atoms with Gasteiger partial charge < -0.3 is 20.2 Å². The molecule has 0 radical (unpaired) electrons. The molecule has 2 atom stereocenters. The summed E-state index contributed by atoms with van der Waals surface area (Å²) in [4.78, 5) is 21.6. The van der Waals surface area contributed by atoms with Gasteiger partial charge in [0.1, 0.15) is 17.5 Å². The molecule has 2 aromatic rings. The summed E-state index contributed by atoms with van der Waals surface area (Å²) in [7, 11) is 1.67. The van der Waals surface area contributed by atoms with Crippen LogP contribution in [0.4, 0.5) is 24.8 Å². The highest BCUT2D eigenvalue weighted by atomic mass is 19.3. The summed E-state index contributed by atoms with van der Waals surface area (Å²) in [6.07, 6.45) is 5.53. The highest BCUT2D eigenvalue weighted by molar-refractivity contribution is 5.80. The minimum atomic E-state index is -3.35. The standard InChI is InChI=1S/C32H37F3N6O2/c1-3-25-21-8-7-9-23(26(21)33)32(34,35)11-10-20-17-40(18-20)14-5-4-6-15-41-28-22(27(37-25)38-30(41)43)16-24(29(42)39(28)2)31(19-36)12-13-31/h3,7-9,16,20,25,29,42H,1,4-6,10-15,17-18H2,2H3,(H,37,38,43)/t25-,29?/m1/s1. The van der Waals surface area contributed by atoms with E-state index in [0.29, 0.717) is 49.2 Å². The molecule has 1 aromatic carbocycles. The Morgan fingerprint density at radius 2 is 1.93 bits per heavy atom. The molecule has 7 aliphatic rings. The molecule has 43 heavy (non-hydrogen) atoms. The maximum atomic E-state index is 15.9. The van der Waals surface area contributed by atoms with Crippen molar-refractivity contribution < 1.29 is 18.3 Å². The molecule has 2 N–H and O–H groups in total. The Morgan fingerprint density at radius 1 is 1.19 bits per heavy atom. The monoisotopic (exact) mass is 594 g/mol. The van der Waals surface area contributed by atoms with Crippen LogP contribution in [0.3, 0.4) is 0 Å². The number of anilines is 2. The maximum absolute atomic E-state index is 15.9. The molecule has 6 bridgehead atoms. The first kappa shape index (κ1) is 29.5. The number of hydrogen-bond acceptors (Lipinski definition) is 7. The van der Waals surface area contributed by atoms with Crippen molar-refractivity contribution in [2.75, 3.05) is 36.9 Å². The van der Waals surface area contributed by atoms with Crippen molar-refractivity contribution in [2.45, 2.75) is 69.7 Å². The molecule has 228 valence electrons. The number of halogens is 3. The van der Waals surface area contributed by atoms with Gasteiger partial charge in [0.2, 0.25) is 0 Å². The third kappa shape index (κ3) is 5.25. The summed E-state index contributed by atoms with van der Waals surface area (Å²) in [5.74, 6) is -3.68. The normalized spacial score (nSPS) is 27.9. The van der Waals surface area contributed by atoms with E-state index in [4.69, 9.17) is 0 Å². The van der Waals surface area contributed by atoms with Gasteiger partial charge in [-0.25, -0.2) is 18.0 Å². The van der Waals surface area contributed by atoms with Crippen LogP contribution in [-0.4, -0.2) is 52.5 Å². The van der Waals surface area contributed by atoms with Crippen molar-refractivity contribution in [1.29, 1.82) is 5.26 Å². The minimum absolute atomic E-state index is 0.0415. The molecule has 1 aromatic heterocycles. The van der Waals surface area contributed by atoms with Gasteiger partial charge in [0.15, 0.2) is 6.23 Å². The molecule has 1 aliphatic carbocycles. The summed E-state index contributed by atoms with van der Waals surface area (Å²) in [6, 6.07) is 5.29. The Balaban J connectivity index is 1.47. The van der Waals surface area contributed by atoms with Crippen LogP contribution < -0.4 is 15.9 Å². The molecule has 0 spiro atoms. The average Bonchev–Trinajstić information content (AvgIpc) is 3.76. The number of aliphatic hydroxyl groups excluding tert-OH is 1.